The number of carbonyl (C=O) groups is 1. The molecule has 0 heterocycles. The molecule has 0 aromatic heterocycles. The molecule has 100 valence electrons. The zero-order valence-electron chi connectivity index (χ0n) is 11.6. The first-order chi connectivity index (χ1) is 8.45. The quantitative estimate of drug-likeness (QED) is 0.554. The standard InChI is InChI=1S/C14H23N3O/c1-9(2)11(4)8-16-14(18)12-7-10(3)5-6-13(12)17-15/h5-7,9,11,17H,8,15H2,1-4H3,(H,16,18). The molecular weight excluding hydrogens is 226 g/mol. The molecule has 0 fully saturated rings. The molecule has 4 heteroatoms. The van der Waals surface area contributed by atoms with Gasteiger partial charge in [-0.3, -0.25) is 10.6 Å². The maximum absolute atomic E-state index is 12.1. The first-order valence-electron chi connectivity index (χ1n) is 6.31. The van der Waals surface area contributed by atoms with E-state index in [1.807, 2.05) is 25.1 Å². The third-order valence-corrected chi connectivity index (χ3v) is 3.30. The molecule has 18 heavy (non-hydrogen) atoms. The summed E-state index contributed by atoms with van der Waals surface area (Å²) < 4.78 is 0. The number of hydrogen-bond acceptors (Lipinski definition) is 3. The fourth-order valence-corrected chi connectivity index (χ4v) is 1.56. The number of amides is 1. The predicted octanol–water partition coefficient (Wildman–Crippen LogP) is 2.30. The molecule has 0 aliphatic heterocycles. The zero-order chi connectivity index (χ0) is 13.7. The van der Waals surface area contributed by atoms with E-state index in [9.17, 15) is 4.79 Å². The zero-order valence-corrected chi connectivity index (χ0v) is 11.6. The van der Waals surface area contributed by atoms with Crippen molar-refractivity contribution in [3.05, 3.63) is 29.3 Å². The average molecular weight is 249 g/mol. The molecule has 1 aromatic carbocycles. The lowest BCUT2D eigenvalue weighted by atomic mass is 9.98. The Bertz CT molecular complexity index is 416. The van der Waals surface area contributed by atoms with Crippen LogP contribution in [-0.4, -0.2) is 12.5 Å². The van der Waals surface area contributed by atoms with Crippen LogP contribution in [0.5, 0.6) is 0 Å². The maximum atomic E-state index is 12.1. The number of aryl methyl sites for hydroxylation is 1. The molecule has 0 aliphatic carbocycles. The van der Waals surface area contributed by atoms with Gasteiger partial charge < -0.3 is 10.7 Å². The number of nitrogens with two attached hydrogens (primary N) is 1. The first kappa shape index (κ1) is 14.5. The van der Waals surface area contributed by atoms with Crippen LogP contribution in [0.4, 0.5) is 5.69 Å². The minimum atomic E-state index is -0.0841. The molecule has 0 radical (unpaired) electrons. The fourth-order valence-electron chi connectivity index (χ4n) is 1.56. The second-order valence-corrected chi connectivity index (χ2v) is 5.12. The lowest BCUT2D eigenvalue weighted by Crippen LogP contribution is -2.31. The number of rotatable bonds is 5. The Labute approximate surface area is 109 Å². The van der Waals surface area contributed by atoms with Crippen LogP contribution in [0.2, 0.25) is 0 Å². The van der Waals surface area contributed by atoms with E-state index in [1.54, 1.807) is 0 Å². The molecule has 1 rings (SSSR count). The van der Waals surface area contributed by atoms with Gasteiger partial charge in [-0.1, -0.05) is 32.4 Å². The van der Waals surface area contributed by atoms with Crippen LogP contribution in [0.1, 0.15) is 36.7 Å². The second-order valence-electron chi connectivity index (χ2n) is 5.12. The van der Waals surface area contributed by atoms with Gasteiger partial charge >= 0.3 is 0 Å². The maximum Gasteiger partial charge on any atom is 0.253 e. The van der Waals surface area contributed by atoms with Crippen molar-refractivity contribution in [3.63, 3.8) is 0 Å². The van der Waals surface area contributed by atoms with E-state index in [-0.39, 0.29) is 5.91 Å². The Morgan fingerprint density at radius 1 is 1.33 bits per heavy atom. The molecule has 1 unspecified atom stereocenters. The van der Waals surface area contributed by atoms with Crippen LogP contribution >= 0.6 is 0 Å². The van der Waals surface area contributed by atoms with Crippen molar-refractivity contribution < 1.29 is 4.79 Å². The Hall–Kier alpha value is -1.55. The molecule has 0 bridgehead atoms. The summed E-state index contributed by atoms with van der Waals surface area (Å²) >= 11 is 0. The van der Waals surface area contributed by atoms with E-state index in [0.29, 0.717) is 29.6 Å². The van der Waals surface area contributed by atoms with Crippen LogP contribution in [0, 0.1) is 18.8 Å². The van der Waals surface area contributed by atoms with Crippen LogP contribution < -0.4 is 16.6 Å². The third-order valence-electron chi connectivity index (χ3n) is 3.30. The first-order valence-corrected chi connectivity index (χ1v) is 6.31. The normalized spacial score (nSPS) is 12.3. The van der Waals surface area contributed by atoms with Gasteiger partial charge in [0.25, 0.3) is 5.91 Å². The highest BCUT2D eigenvalue weighted by atomic mass is 16.1. The van der Waals surface area contributed by atoms with Crippen molar-refractivity contribution in [2.24, 2.45) is 17.7 Å². The molecule has 0 saturated carbocycles. The van der Waals surface area contributed by atoms with Crippen molar-refractivity contribution >= 4 is 11.6 Å². The Kier molecular flexibility index (Phi) is 5.16. The lowest BCUT2D eigenvalue weighted by molar-refractivity contribution is 0.0945. The Morgan fingerprint density at radius 2 is 2.00 bits per heavy atom. The molecule has 0 spiro atoms. The smallest absolute Gasteiger partial charge is 0.253 e. The molecule has 1 aromatic rings. The summed E-state index contributed by atoms with van der Waals surface area (Å²) in [6, 6.07) is 5.57. The summed E-state index contributed by atoms with van der Waals surface area (Å²) in [4.78, 5) is 12.1. The Balaban J connectivity index is 2.75. The van der Waals surface area contributed by atoms with Gasteiger partial charge in [-0.2, -0.15) is 0 Å². The highest BCUT2D eigenvalue weighted by Crippen LogP contribution is 2.16. The van der Waals surface area contributed by atoms with Gasteiger partial charge in [0, 0.05) is 6.54 Å². The molecule has 4 nitrogen and oxygen atoms in total. The molecule has 1 amide bonds. The molecule has 4 N–H and O–H groups in total. The number of carbonyl (C=O) groups excluding carboxylic acids is 1. The van der Waals surface area contributed by atoms with Gasteiger partial charge in [-0.15, -0.1) is 0 Å². The van der Waals surface area contributed by atoms with E-state index in [1.165, 1.54) is 0 Å². The summed E-state index contributed by atoms with van der Waals surface area (Å²) in [6.07, 6.45) is 0. The summed E-state index contributed by atoms with van der Waals surface area (Å²) in [5, 5.41) is 2.95. The van der Waals surface area contributed by atoms with Crippen molar-refractivity contribution in [2.45, 2.75) is 27.7 Å². The summed E-state index contributed by atoms with van der Waals surface area (Å²) in [5.74, 6) is 6.33. The van der Waals surface area contributed by atoms with E-state index in [4.69, 9.17) is 5.84 Å². The van der Waals surface area contributed by atoms with Gasteiger partial charge in [-0.25, -0.2) is 0 Å². The number of anilines is 1. The Morgan fingerprint density at radius 3 is 2.56 bits per heavy atom. The second kappa shape index (κ2) is 6.40. The van der Waals surface area contributed by atoms with Gasteiger partial charge in [0.1, 0.15) is 0 Å². The SMILES string of the molecule is Cc1ccc(NN)c(C(=O)NCC(C)C(C)C)c1. The van der Waals surface area contributed by atoms with E-state index in [2.05, 4.69) is 31.5 Å². The molecule has 1 atom stereocenters. The fraction of sp³-hybridized carbons (Fsp3) is 0.500. The third kappa shape index (κ3) is 3.74. The number of nitrogens with one attached hydrogen (secondary N) is 2. The van der Waals surface area contributed by atoms with Crippen LogP contribution in [0.25, 0.3) is 0 Å². The van der Waals surface area contributed by atoms with Crippen LogP contribution in [0.15, 0.2) is 18.2 Å². The van der Waals surface area contributed by atoms with Gasteiger partial charge in [-0.05, 0) is 30.9 Å². The highest BCUT2D eigenvalue weighted by Gasteiger charge is 2.13. The van der Waals surface area contributed by atoms with E-state index < -0.39 is 0 Å². The average Bonchev–Trinajstić information content (AvgIpc) is 2.35. The van der Waals surface area contributed by atoms with Crippen LogP contribution in [-0.2, 0) is 0 Å². The number of benzene rings is 1. The number of hydrazine groups is 1. The summed E-state index contributed by atoms with van der Waals surface area (Å²) in [6.45, 7) is 9.05. The van der Waals surface area contributed by atoms with Gasteiger partial charge in [0.2, 0.25) is 0 Å². The van der Waals surface area contributed by atoms with E-state index >= 15 is 0 Å². The largest absolute Gasteiger partial charge is 0.352 e. The van der Waals surface area contributed by atoms with Crippen LogP contribution in [0.3, 0.4) is 0 Å². The predicted molar refractivity (Wildman–Crippen MR) is 75.3 cm³/mol. The minimum absolute atomic E-state index is 0.0841. The van der Waals surface area contributed by atoms with Crippen molar-refractivity contribution in [1.29, 1.82) is 0 Å². The molecule has 0 aliphatic rings. The topological polar surface area (TPSA) is 67.1 Å². The number of hydrogen-bond donors (Lipinski definition) is 3. The van der Waals surface area contributed by atoms with Gasteiger partial charge in [0.15, 0.2) is 0 Å². The summed E-state index contributed by atoms with van der Waals surface area (Å²) in [5.41, 5.74) is 4.83. The van der Waals surface area contributed by atoms with Gasteiger partial charge in [0.05, 0.1) is 11.3 Å². The van der Waals surface area contributed by atoms with Crippen molar-refractivity contribution in [3.8, 4) is 0 Å². The number of nitrogen functional groups attached to an aromatic ring is 1. The summed E-state index contributed by atoms with van der Waals surface area (Å²) in [7, 11) is 0. The lowest BCUT2D eigenvalue weighted by Gasteiger charge is -2.17. The molecule has 0 saturated heterocycles. The van der Waals surface area contributed by atoms with E-state index in [0.717, 1.165) is 5.56 Å². The van der Waals surface area contributed by atoms with Crippen molar-refractivity contribution in [1.82, 2.24) is 5.32 Å². The molecular formula is C14H23N3O. The highest BCUT2D eigenvalue weighted by molar-refractivity contribution is 5.99. The minimum Gasteiger partial charge on any atom is -0.352 e. The monoisotopic (exact) mass is 249 g/mol. The van der Waals surface area contributed by atoms with Crippen molar-refractivity contribution in [2.75, 3.05) is 12.0 Å².